The van der Waals surface area contributed by atoms with Crippen molar-refractivity contribution in [2.24, 2.45) is 0 Å². The fourth-order valence-corrected chi connectivity index (χ4v) is 2.96. The number of rotatable bonds is 1. The summed E-state index contributed by atoms with van der Waals surface area (Å²) >= 11 is 10.00. The van der Waals surface area contributed by atoms with E-state index in [1.54, 1.807) is 6.07 Å². The molecule has 2 amide bonds. The summed E-state index contributed by atoms with van der Waals surface area (Å²) in [6.07, 6.45) is 2.50. The van der Waals surface area contributed by atoms with Gasteiger partial charge in [-0.15, -0.1) is 0 Å². The van der Waals surface area contributed by atoms with Crippen LogP contribution in [0.3, 0.4) is 0 Å². The highest BCUT2D eigenvalue weighted by atomic mass is 79.9. The highest BCUT2D eigenvalue weighted by Gasteiger charge is 2.29. The fraction of sp³-hybridized carbons (Fsp3) is 0. The van der Waals surface area contributed by atoms with Gasteiger partial charge < -0.3 is 0 Å². The van der Waals surface area contributed by atoms with Crippen LogP contribution in [0.15, 0.2) is 37.7 Å². The van der Waals surface area contributed by atoms with Crippen LogP contribution in [-0.4, -0.2) is 11.8 Å². The molecule has 0 atom stereocenters. The number of carbonyl (C=O) groups is 2. The summed E-state index contributed by atoms with van der Waals surface area (Å²) in [5.41, 5.74) is 0.509. The number of nitrogens with zero attached hydrogens (tertiary/aromatic N) is 1. The zero-order chi connectivity index (χ0) is 11.9. The number of amides is 2. The standard InChI is InChI=1S/C10H4Br3NO2/c11-5-1-2-6(12)10(9(5)13)14-7(15)3-4-8(14)16/h1-4H. The number of imide groups is 1. The molecule has 1 heterocycles. The lowest BCUT2D eigenvalue weighted by atomic mass is 10.3. The molecule has 0 N–H and O–H groups in total. The second-order valence-corrected chi connectivity index (χ2v) is 5.54. The van der Waals surface area contributed by atoms with E-state index in [9.17, 15) is 9.59 Å². The van der Waals surface area contributed by atoms with Crippen LogP contribution >= 0.6 is 47.8 Å². The van der Waals surface area contributed by atoms with Crippen LogP contribution < -0.4 is 4.90 Å². The van der Waals surface area contributed by atoms with Gasteiger partial charge in [0.25, 0.3) is 11.8 Å². The number of halogens is 3. The highest BCUT2D eigenvalue weighted by molar-refractivity contribution is 9.13. The van der Waals surface area contributed by atoms with Crippen molar-refractivity contribution in [2.75, 3.05) is 4.90 Å². The summed E-state index contributed by atoms with van der Waals surface area (Å²) in [6.45, 7) is 0. The smallest absolute Gasteiger partial charge is 0.258 e. The molecular weight excluding hydrogens is 406 g/mol. The molecule has 1 aliphatic heterocycles. The second kappa shape index (κ2) is 4.43. The molecule has 1 aromatic carbocycles. The van der Waals surface area contributed by atoms with Crippen LogP contribution in [-0.2, 0) is 9.59 Å². The molecule has 0 fully saturated rings. The minimum absolute atomic E-state index is 0.343. The Morgan fingerprint density at radius 3 is 1.94 bits per heavy atom. The van der Waals surface area contributed by atoms with E-state index in [2.05, 4.69) is 47.8 Å². The van der Waals surface area contributed by atoms with Gasteiger partial charge in [-0.1, -0.05) is 0 Å². The zero-order valence-electron chi connectivity index (χ0n) is 7.71. The summed E-state index contributed by atoms with van der Waals surface area (Å²) in [6, 6.07) is 3.58. The zero-order valence-corrected chi connectivity index (χ0v) is 12.5. The lowest BCUT2D eigenvalue weighted by molar-refractivity contribution is -0.120. The van der Waals surface area contributed by atoms with Crippen molar-refractivity contribution < 1.29 is 9.59 Å². The maximum atomic E-state index is 11.6. The minimum atomic E-state index is -0.343. The predicted molar refractivity (Wildman–Crippen MR) is 71.2 cm³/mol. The van der Waals surface area contributed by atoms with Gasteiger partial charge in [-0.3, -0.25) is 9.59 Å². The SMILES string of the molecule is O=C1C=CC(=O)N1c1c(Br)ccc(Br)c1Br. The lowest BCUT2D eigenvalue weighted by Gasteiger charge is -2.18. The van der Waals surface area contributed by atoms with Gasteiger partial charge in [0.05, 0.1) is 10.2 Å². The van der Waals surface area contributed by atoms with E-state index >= 15 is 0 Å². The fourth-order valence-electron chi connectivity index (χ4n) is 1.34. The first-order valence-corrected chi connectivity index (χ1v) is 6.60. The summed E-state index contributed by atoms with van der Waals surface area (Å²) in [5, 5.41) is 0. The maximum absolute atomic E-state index is 11.6. The van der Waals surface area contributed by atoms with Crippen LogP contribution in [0.1, 0.15) is 0 Å². The molecule has 0 aliphatic carbocycles. The molecule has 0 aromatic heterocycles. The van der Waals surface area contributed by atoms with Crippen LogP contribution in [0.5, 0.6) is 0 Å². The first kappa shape index (κ1) is 12.0. The number of benzene rings is 1. The van der Waals surface area contributed by atoms with Gasteiger partial charge in [-0.2, -0.15) is 0 Å². The quantitative estimate of drug-likeness (QED) is 0.526. The van der Waals surface area contributed by atoms with E-state index in [0.29, 0.717) is 14.6 Å². The van der Waals surface area contributed by atoms with Crippen molar-refractivity contribution in [3.63, 3.8) is 0 Å². The topological polar surface area (TPSA) is 37.4 Å². The Labute approximate surface area is 117 Å². The van der Waals surface area contributed by atoms with Crippen molar-refractivity contribution >= 4 is 65.3 Å². The number of hydrogen-bond donors (Lipinski definition) is 0. The van der Waals surface area contributed by atoms with Crippen LogP contribution in [0.2, 0.25) is 0 Å². The molecule has 1 aliphatic rings. The first-order valence-electron chi connectivity index (χ1n) is 4.22. The normalized spacial score (nSPS) is 15.1. The summed E-state index contributed by atoms with van der Waals surface area (Å²) in [4.78, 5) is 24.2. The average molecular weight is 410 g/mol. The van der Waals surface area contributed by atoms with Crippen LogP contribution in [0, 0.1) is 0 Å². The van der Waals surface area contributed by atoms with E-state index in [1.165, 1.54) is 12.2 Å². The number of hydrogen-bond acceptors (Lipinski definition) is 2. The largest absolute Gasteiger partial charge is 0.269 e. The monoisotopic (exact) mass is 407 g/mol. The van der Waals surface area contributed by atoms with E-state index in [1.807, 2.05) is 6.07 Å². The average Bonchev–Trinajstić information content (AvgIpc) is 2.56. The summed E-state index contributed by atoms with van der Waals surface area (Å²) in [5.74, 6) is -0.686. The molecule has 0 unspecified atom stereocenters. The Balaban J connectivity index is 2.61. The Morgan fingerprint density at radius 1 is 0.875 bits per heavy atom. The Kier molecular flexibility index (Phi) is 3.32. The van der Waals surface area contributed by atoms with Crippen LogP contribution in [0.4, 0.5) is 5.69 Å². The molecule has 0 radical (unpaired) electrons. The molecule has 0 saturated heterocycles. The van der Waals surface area contributed by atoms with Gasteiger partial charge in [0.15, 0.2) is 0 Å². The van der Waals surface area contributed by atoms with Gasteiger partial charge in [0.1, 0.15) is 0 Å². The number of carbonyl (C=O) groups excluding carboxylic acids is 2. The minimum Gasteiger partial charge on any atom is -0.269 e. The molecule has 2 rings (SSSR count). The third kappa shape index (κ3) is 1.89. The highest BCUT2D eigenvalue weighted by Crippen LogP contribution is 2.40. The van der Waals surface area contributed by atoms with Gasteiger partial charge in [0, 0.05) is 21.1 Å². The summed E-state index contributed by atoms with van der Waals surface area (Å²) in [7, 11) is 0. The molecule has 82 valence electrons. The van der Waals surface area contributed by atoms with Crippen molar-refractivity contribution in [2.45, 2.75) is 0 Å². The third-order valence-corrected chi connectivity index (χ3v) is 4.69. The maximum Gasteiger partial charge on any atom is 0.258 e. The van der Waals surface area contributed by atoms with Crippen LogP contribution in [0.25, 0.3) is 0 Å². The Bertz CT molecular complexity index is 507. The molecular formula is C10H4Br3NO2. The van der Waals surface area contributed by atoms with Gasteiger partial charge >= 0.3 is 0 Å². The van der Waals surface area contributed by atoms with Crippen molar-refractivity contribution in [1.82, 2.24) is 0 Å². The molecule has 16 heavy (non-hydrogen) atoms. The van der Waals surface area contributed by atoms with Crippen molar-refractivity contribution in [3.05, 3.63) is 37.7 Å². The molecule has 1 aromatic rings. The Morgan fingerprint density at radius 2 is 1.38 bits per heavy atom. The third-order valence-electron chi connectivity index (χ3n) is 2.05. The molecule has 0 bridgehead atoms. The Hall–Kier alpha value is -0.460. The van der Waals surface area contributed by atoms with Gasteiger partial charge in [-0.05, 0) is 59.9 Å². The van der Waals surface area contributed by atoms with E-state index < -0.39 is 0 Å². The lowest BCUT2D eigenvalue weighted by Crippen LogP contribution is -2.30. The summed E-state index contributed by atoms with van der Waals surface area (Å²) < 4.78 is 2.11. The number of anilines is 1. The molecule has 0 saturated carbocycles. The van der Waals surface area contributed by atoms with E-state index in [-0.39, 0.29) is 11.8 Å². The van der Waals surface area contributed by atoms with Gasteiger partial charge in [0.2, 0.25) is 0 Å². The molecule has 0 spiro atoms. The molecule has 3 nitrogen and oxygen atoms in total. The van der Waals surface area contributed by atoms with E-state index in [4.69, 9.17) is 0 Å². The second-order valence-electron chi connectivity index (χ2n) is 3.04. The molecule has 6 heteroatoms. The first-order chi connectivity index (χ1) is 7.52. The van der Waals surface area contributed by atoms with E-state index in [0.717, 1.165) is 9.37 Å². The van der Waals surface area contributed by atoms with Crippen molar-refractivity contribution in [1.29, 1.82) is 0 Å². The van der Waals surface area contributed by atoms with Crippen molar-refractivity contribution in [3.8, 4) is 0 Å². The predicted octanol–water partition coefficient (Wildman–Crippen LogP) is 3.40. The van der Waals surface area contributed by atoms with Gasteiger partial charge in [-0.25, -0.2) is 4.90 Å².